The maximum absolute atomic E-state index is 13.0. The van der Waals surface area contributed by atoms with E-state index in [4.69, 9.17) is 9.47 Å². The van der Waals surface area contributed by atoms with E-state index >= 15 is 0 Å². The highest BCUT2D eigenvalue weighted by molar-refractivity contribution is 6.07. The van der Waals surface area contributed by atoms with Crippen LogP contribution in [0.5, 0.6) is 11.5 Å². The number of rotatable bonds is 7. The second-order valence-corrected chi connectivity index (χ2v) is 7.65. The lowest BCUT2D eigenvalue weighted by Crippen LogP contribution is -2.15. The average Bonchev–Trinajstić information content (AvgIpc) is 3.07. The maximum atomic E-state index is 13.0. The lowest BCUT2D eigenvalue weighted by molar-refractivity contribution is -0.385. The highest BCUT2D eigenvalue weighted by Crippen LogP contribution is 2.35. The topological polar surface area (TPSA) is 121 Å². The van der Waals surface area contributed by atoms with Crippen LogP contribution in [0.15, 0.2) is 36.4 Å². The van der Waals surface area contributed by atoms with Crippen LogP contribution in [0, 0.1) is 10.1 Å². The van der Waals surface area contributed by atoms with Crippen molar-refractivity contribution in [3.05, 3.63) is 57.9 Å². The van der Waals surface area contributed by atoms with Gasteiger partial charge in [0.15, 0.2) is 17.3 Å². The van der Waals surface area contributed by atoms with Gasteiger partial charge in [-0.2, -0.15) is 0 Å². The number of aromatic nitrogens is 3. The van der Waals surface area contributed by atoms with Gasteiger partial charge in [0.2, 0.25) is 0 Å². The van der Waals surface area contributed by atoms with Gasteiger partial charge < -0.3 is 19.4 Å². The first-order valence-electron chi connectivity index (χ1n) is 10.8. The quantitative estimate of drug-likeness (QED) is 0.421. The molecule has 4 rings (SSSR count). The predicted molar refractivity (Wildman–Crippen MR) is 122 cm³/mol. The Kier molecular flexibility index (Phi) is 6.53. The van der Waals surface area contributed by atoms with Crippen LogP contribution in [0.2, 0.25) is 0 Å². The Balaban J connectivity index is 1.64. The number of carbonyl (C=O) groups excluding carboxylic acids is 1. The molecule has 0 fully saturated rings. The molecular formula is C23H25N5O5. The summed E-state index contributed by atoms with van der Waals surface area (Å²) in [6.45, 7) is 2.95. The molecule has 0 aliphatic carbocycles. The Morgan fingerprint density at radius 1 is 1.18 bits per heavy atom. The summed E-state index contributed by atoms with van der Waals surface area (Å²) in [5.74, 6) is 1.54. The number of fused-ring (bicyclic) bond motifs is 1. The molecule has 10 nitrogen and oxygen atoms in total. The number of aryl methyl sites for hydroxylation is 1. The van der Waals surface area contributed by atoms with Gasteiger partial charge in [-0.3, -0.25) is 14.9 Å². The normalized spacial score (nSPS) is 13.0. The molecule has 33 heavy (non-hydrogen) atoms. The molecule has 2 aromatic carbocycles. The van der Waals surface area contributed by atoms with E-state index in [2.05, 4.69) is 20.1 Å². The lowest BCUT2D eigenvalue weighted by atomic mass is 10.1. The lowest BCUT2D eigenvalue weighted by Gasteiger charge is -2.13. The molecule has 1 aromatic heterocycles. The van der Waals surface area contributed by atoms with Gasteiger partial charge in [-0.05, 0) is 31.9 Å². The van der Waals surface area contributed by atoms with E-state index in [-0.39, 0.29) is 22.7 Å². The molecule has 0 radical (unpaired) electrons. The number of methoxy groups -OCH3 is 1. The average molecular weight is 451 g/mol. The molecule has 0 spiro atoms. The number of nitrogens with one attached hydrogen (secondary N) is 1. The first-order chi connectivity index (χ1) is 16.0. The fourth-order valence-electron chi connectivity index (χ4n) is 3.94. The van der Waals surface area contributed by atoms with E-state index in [0.717, 1.165) is 49.4 Å². The van der Waals surface area contributed by atoms with Crippen molar-refractivity contribution in [3.8, 4) is 22.9 Å². The summed E-state index contributed by atoms with van der Waals surface area (Å²) in [7, 11) is 1.39. The molecule has 172 valence electrons. The number of hydrogen-bond acceptors (Lipinski definition) is 7. The monoisotopic (exact) mass is 451 g/mol. The molecular weight excluding hydrogens is 426 g/mol. The molecule has 1 N–H and O–H groups in total. The number of ether oxygens (including phenoxy) is 2. The minimum atomic E-state index is -0.623. The Labute approximate surface area is 190 Å². The van der Waals surface area contributed by atoms with Gasteiger partial charge in [-0.1, -0.05) is 18.6 Å². The zero-order valence-electron chi connectivity index (χ0n) is 18.5. The van der Waals surface area contributed by atoms with Crippen LogP contribution in [0.3, 0.4) is 0 Å². The summed E-state index contributed by atoms with van der Waals surface area (Å²) >= 11 is 0. The van der Waals surface area contributed by atoms with Crippen molar-refractivity contribution in [1.82, 2.24) is 14.8 Å². The molecule has 2 heterocycles. The van der Waals surface area contributed by atoms with Gasteiger partial charge in [0.25, 0.3) is 11.6 Å². The molecule has 3 aromatic rings. The molecule has 0 bridgehead atoms. The Bertz CT molecular complexity index is 1190. The minimum Gasteiger partial charge on any atom is -0.493 e. The number of carbonyl (C=O) groups is 1. The molecule has 0 unspecified atom stereocenters. The van der Waals surface area contributed by atoms with Gasteiger partial charge in [-0.25, -0.2) is 0 Å². The standard InChI is InChI=1S/C23H25N5O5/c1-3-33-20-13-17(18(28(30)31)14-19(20)32-2)23(29)24-16-9-7-8-15(12-16)22-26-25-21-10-5-4-6-11-27(21)22/h7-9,12-14H,3-6,10-11H2,1-2H3,(H,24,29). The smallest absolute Gasteiger partial charge is 0.286 e. The molecule has 10 heteroatoms. The van der Waals surface area contributed by atoms with E-state index in [1.165, 1.54) is 19.2 Å². The van der Waals surface area contributed by atoms with Gasteiger partial charge in [0, 0.05) is 30.3 Å². The van der Waals surface area contributed by atoms with E-state index < -0.39 is 10.8 Å². The van der Waals surface area contributed by atoms with Crippen molar-refractivity contribution in [3.63, 3.8) is 0 Å². The third-order valence-corrected chi connectivity index (χ3v) is 5.51. The number of nitro benzene ring substituents is 1. The second kappa shape index (κ2) is 9.68. The molecule has 1 aliphatic heterocycles. The molecule has 1 amide bonds. The summed E-state index contributed by atoms with van der Waals surface area (Å²) in [5, 5.41) is 23.0. The minimum absolute atomic E-state index is 0.119. The fraction of sp³-hybridized carbons (Fsp3) is 0.348. The van der Waals surface area contributed by atoms with E-state index in [1.54, 1.807) is 25.1 Å². The van der Waals surface area contributed by atoms with Crippen molar-refractivity contribution in [2.45, 2.75) is 39.2 Å². The first kappa shape index (κ1) is 22.3. The Morgan fingerprint density at radius 3 is 2.79 bits per heavy atom. The first-order valence-corrected chi connectivity index (χ1v) is 10.8. The summed E-state index contributed by atoms with van der Waals surface area (Å²) in [4.78, 5) is 24.0. The third-order valence-electron chi connectivity index (χ3n) is 5.51. The van der Waals surface area contributed by atoms with Crippen LogP contribution >= 0.6 is 0 Å². The maximum Gasteiger partial charge on any atom is 0.286 e. The largest absolute Gasteiger partial charge is 0.493 e. The molecule has 0 atom stereocenters. The highest BCUT2D eigenvalue weighted by atomic mass is 16.6. The van der Waals surface area contributed by atoms with Gasteiger partial charge in [0.05, 0.1) is 24.7 Å². The Hall–Kier alpha value is -3.95. The predicted octanol–water partition coefficient (Wildman–Crippen LogP) is 4.24. The van der Waals surface area contributed by atoms with E-state index in [0.29, 0.717) is 12.3 Å². The number of anilines is 1. The van der Waals surface area contributed by atoms with Crippen LogP contribution in [0.4, 0.5) is 11.4 Å². The number of amides is 1. The number of nitrogens with zero attached hydrogens (tertiary/aromatic N) is 4. The van der Waals surface area contributed by atoms with E-state index in [1.807, 2.05) is 6.07 Å². The summed E-state index contributed by atoms with van der Waals surface area (Å²) in [5.41, 5.74) is 0.817. The van der Waals surface area contributed by atoms with Crippen molar-refractivity contribution in [2.24, 2.45) is 0 Å². The van der Waals surface area contributed by atoms with Crippen LogP contribution in [0.1, 0.15) is 42.4 Å². The summed E-state index contributed by atoms with van der Waals surface area (Å²) < 4.78 is 12.8. The van der Waals surface area contributed by atoms with Gasteiger partial charge >= 0.3 is 0 Å². The third kappa shape index (κ3) is 4.64. The second-order valence-electron chi connectivity index (χ2n) is 7.65. The zero-order valence-corrected chi connectivity index (χ0v) is 18.5. The Morgan fingerprint density at radius 2 is 2.03 bits per heavy atom. The fourth-order valence-corrected chi connectivity index (χ4v) is 3.94. The van der Waals surface area contributed by atoms with Crippen molar-refractivity contribution >= 4 is 17.3 Å². The van der Waals surface area contributed by atoms with Crippen LogP contribution in [0.25, 0.3) is 11.4 Å². The number of hydrogen-bond donors (Lipinski definition) is 1. The summed E-state index contributed by atoms with van der Waals surface area (Å²) in [6.07, 6.45) is 4.21. The van der Waals surface area contributed by atoms with Crippen molar-refractivity contribution < 1.29 is 19.2 Å². The van der Waals surface area contributed by atoms with Crippen LogP contribution in [-0.2, 0) is 13.0 Å². The SMILES string of the molecule is CCOc1cc(C(=O)Nc2cccc(-c3nnc4n3CCCCC4)c2)c([N+](=O)[O-])cc1OC. The van der Waals surface area contributed by atoms with Gasteiger partial charge in [-0.15, -0.1) is 10.2 Å². The molecule has 0 saturated heterocycles. The summed E-state index contributed by atoms with van der Waals surface area (Å²) in [6, 6.07) is 9.75. The molecule has 0 saturated carbocycles. The van der Waals surface area contributed by atoms with Crippen LogP contribution < -0.4 is 14.8 Å². The van der Waals surface area contributed by atoms with Crippen molar-refractivity contribution in [1.29, 1.82) is 0 Å². The van der Waals surface area contributed by atoms with E-state index in [9.17, 15) is 14.9 Å². The highest BCUT2D eigenvalue weighted by Gasteiger charge is 2.25. The number of benzene rings is 2. The van der Waals surface area contributed by atoms with Crippen molar-refractivity contribution in [2.75, 3.05) is 19.0 Å². The zero-order chi connectivity index (χ0) is 23.4. The van der Waals surface area contributed by atoms with Gasteiger partial charge in [0.1, 0.15) is 11.4 Å². The number of nitro groups is 1. The molecule has 1 aliphatic rings. The van der Waals surface area contributed by atoms with Crippen LogP contribution in [-0.4, -0.2) is 39.3 Å².